The molecule has 0 amide bonds. The molecule has 0 aromatic heterocycles. The molecule has 0 bridgehead atoms. The maximum atomic E-state index is 12.3. The highest BCUT2D eigenvalue weighted by atomic mass is 19.4. The molecule has 1 aliphatic rings. The topological polar surface area (TPSA) is 12.0 Å². The van der Waals surface area contributed by atoms with Gasteiger partial charge in [0.2, 0.25) is 0 Å². The van der Waals surface area contributed by atoms with Gasteiger partial charge in [0.25, 0.3) is 0 Å². The first kappa shape index (κ1) is 10.6. The van der Waals surface area contributed by atoms with Gasteiger partial charge < -0.3 is 5.32 Å². The van der Waals surface area contributed by atoms with E-state index < -0.39 is 11.7 Å². The van der Waals surface area contributed by atoms with E-state index in [1.165, 1.54) is 0 Å². The Balaban J connectivity index is 2.24. The van der Waals surface area contributed by atoms with Crippen LogP contribution in [-0.2, 0) is 0 Å². The molecule has 0 radical (unpaired) electrons. The van der Waals surface area contributed by atoms with E-state index in [-0.39, 0.29) is 12.8 Å². The lowest BCUT2D eigenvalue weighted by Gasteiger charge is -2.20. The average molecular weight is 193 g/mol. The van der Waals surface area contributed by atoms with Gasteiger partial charge in [-0.3, -0.25) is 0 Å². The molecule has 1 nitrogen and oxygen atoms in total. The number of hydrogen-bond donors (Lipinski definition) is 1. The lowest BCUT2D eigenvalue weighted by atomic mass is 10.2. The van der Waals surface area contributed by atoms with Crippen molar-refractivity contribution in [3.05, 3.63) is 12.7 Å². The summed E-state index contributed by atoms with van der Waals surface area (Å²) in [5.74, 6) is 0. The molecule has 4 heteroatoms. The van der Waals surface area contributed by atoms with Gasteiger partial charge >= 0.3 is 6.18 Å². The Morgan fingerprint density at radius 3 is 2.38 bits per heavy atom. The highest BCUT2D eigenvalue weighted by Crippen LogP contribution is 2.48. The summed E-state index contributed by atoms with van der Waals surface area (Å²) in [7, 11) is 0. The van der Waals surface area contributed by atoms with Crippen LogP contribution in [0.15, 0.2) is 12.7 Å². The van der Waals surface area contributed by atoms with Crippen molar-refractivity contribution < 1.29 is 13.2 Å². The summed E-state index contributed by atoms with van der Waals surface area (Å²) in [5.41, 5.74) is -1.55. The predicted octanol–water partition coefficient (Wildman–Crippen LogP) is 2.64. The lowest BCUT2D eigenvalue weighted by Crippen LogP contribution is -2.45. The minimum Gasteiger partial charge on any atom is -0.304 e. The van der Waals surface area contributed by atoms with Crippen molar-refractivity contribution in [2.45, 2.75) is 37.4 Å². The highest BCUT2D eigenvalue weighted by Gasteiger charge is 2.62. The molecule has 0 aliphatic heterocycles. The van der Waals surface area contributed by atoms with Crippen LogP contribution in [-0.4, -0.2) is 18.3 Å². The molecule has 0 unspecified atom stereocenters. The second-order valence-electron chi connectivity index (χ2n) is 3.44. The van der Waals surface area contributed by atoms with Gasteiger partial charge in [0.1, 0.15) is 5.54 Å². The SMILES string of the molecule is C=CCCCNC1(C(F)(F)F)CC1. The van der Waals surface area contributed by atoms with Gasteiger partial charge in [0, 0.05) is 0 Å². The Bertz CT molecular complexity index is 182. The van der Waals surface area contributed by atoms with E-state index in [0.29, 0.717) is 6.54 Å². The largest absolute Gasteiger partial charge is 0.406 e. The Morgan fingerprint density at radius 1 is 1.38 bits per heavy atom. The van der Waals surface area contributed by atoms with Crippen molar-refractivity contribution in [1.82, 2.24) is 5.32 Å². The van der Waals surface area contributed by atoms with Crippen molar-refractivity contribution in [3.63, 3.8) is 0 Å². The summed E-state index contributed by atoms with van der Waals surface area (Å²) in [6.07, 6.45) is -0.423. The summed E-state index contributed by atoms with van der Waals surface area (Å²) < 4.78 is 37.0. The molecule has 1 saturated carbocycles. The molecule has 76 valence electrons. The molecule has 1 aliphatic carbocycles. The third-order valence-electron chi connectivity index (χ3n) is 2.34. The highest BCUT2D eigenvalue weighted by molar-refractivity contribution is 5.07. The van der Waals surface area contributed by atoms with E-state index >= 15 is 0 Å². The molecule has 0 heterocycles. The predicted molar refractivity (Wildman–Crippen MR) is 45.5 cm³/mol. The summed E-state index contributed by atoms with van der Waals surface area (Å²) in [4.78, 5) is 0. The summed E-state index contributed by atoms with van der Waals surface area (Å²) >= 11 is 0. The Kier molecular flexibility index (Phi) is 3.01. The number of rotatable bonds is 5. The van der Waals surface area contributed by atoms with Crippen molar-refractivity contribution in [2.24, 2.45) is 0 Å². The van der Waals surface area contributed by atoms with Gasteiger partial charge in [-0.25, -0.2) is 0 Å². The van der Waals surface area contributed by atoms with Crippen LogP contribution in [0.4, 0.5) is 13.2 Å². The van der Waals surface area contributed by atoms with Crippen LogP contribution in [0.3, 0.4) is 0 Å². The van der Waals surface area contributed by atoms with E-state index in [1.807, 2.05) is 0 Å². The van der Waals surface area contributed by atoms with Crippen LogP contribution in [0.25, 0.3) is 0 Å². The first-order chi connectivity index (χ1) is 6.02. The number of unbranched alkanes of at least 4 members (excludes halogenated alkanes) is 1. The molecule has 0 atom stereocenters. The van der Waals surface area contributed by atoms with Gasteiger partial charge in [0.15, 0.2) is 0 Å². The maximum Gasteiger partial charge on any atom is 0.406 e. The zero-order valence-electron chi connectivity index (χ0n) is 7.45. The van der Waals surface area contributed by atoms with Crippen LogP contribution >= 0.6 is 0 Å². The number of alkyl halides is 3. The van der Waals surface area contributed by atoms with Crippen LogP contribution in [0, 0.1) is 0 Å². The molecule has 0 saturated heterocycles. The standard InChI is InChI=1S/C9H14F3N/c1-2-3-4-7-13-8(5-6-8)9(10,11)12/h2,13H,1,3-7H2. The minimum absolute atomic E-state index is 0.227. The first-order valence-corrected chi connectivity index (χ1v) is 4.44. The normalized spacial score (nSPS) is 19.9. The third kappa shape index (κ3) is 2.46. The molecule has 0 aromatic carbocycles. The minimum atomic E-state index is -4.08. The van der Waals surface area contributed by atoms with Gasteiger partial charge in [-0.1, -0.05) is 6.08 Å². The number of nitrogens with one attached hydrogen (secondary N) is 1. The van der Waals surface area contributed by atoms with E-state index in [4.69, 9.17) is 0 Å². The average Bonchev–Trinajstić information content (AvgIpc) is 2.77. The Labute approximate surface area is 76.0 Å². The fourth-order valence-electron chi connectivity index (χ4n) is 1.26. The van der Waals surface area contributed by atoms with Crippen LogP contribution in [0.1, 0.15) is 25.7 Å². The number of halogens is 3. The van der Waals surface area contributed by atoms with Crippen LogP contribution < -0.4 is 5.32 Å². The zero-order valence-corrected chi connectivity index (χ0v) is 7.45. The molecule has 0 aromatic rings. The summed E-state index contributed by atoms with van der Waals surface area (Å²) in [6, 6.07) is 0. The van der Waals surface area contributed by atoms with Crippen molar-refractivity contribution in [3.8, 4) is 0 Å². The van der Waals surface area contributed by atoms with Crippen molar-refractivity contribution in [1.29, 1.82) is 0 Å². The molecule has 0 spiro atoms. The van der Waals surface area contributed by atoms with Crippen molar-refractivity contribution in [2.75, 3.05) is 6.54 Å². The van der Waals surface area contributed by atoms with Gasteiger partial charge in [0.05, 0.1) is 0 Å². The third-order valence-corrected chi connectivity index (χ3v) is 2.34. The molecular weight excluding hydrogens is 179 g/mol. The Hall–Kier alpha value is -0.510. The van der Waals surface area contributed by atoms with Gasteiger partial charge in [-0.15, -0.1) is 6.58 Å². The molecular formula is C9H14F3N. The van der Waals surface area contributed by atoms with E-state index in [9.17, 15) is 13.2 Å². The number of hydrogen-bond acceptors (Lipinski definition) is 1. The molecule has 1 N–H and O–H groups in total. The fraction of sp³-hybridized carbons (Fsp3) is 0.778. The Morgan fingerprint density at radius 2 is 2.00 bits per heavy atom. The second-order valence-corrected chi connectivity index (χ2v) is 3.44. The van der Waals surface area contributed by atoms with Gasteiger partial charge in [-0.2, -0.15) is 13.2 Å². The second kappa shape index (κ2) is 3.70. The van der Waals surface area contributed by atoms with Gasteiger partial charge in [-0.05, 0) is 32.2 Å². The number of allylic oxidation sites excluding steroid dienone is 1. The van der Waals surface area contributed by atoms with Crippen LogP contribution in [0.2, 0.25) is 0 Å². The molecule has 13 heavy (non-hydrogen) atoms. The summed E-state index contributed by atoms with van der Waals surface area (Å²) in [6.45, 7) is 3.93. The van der Waals surface area contributed by atoms with E-state index in [1.54, 1.807) is 6.08 Å². The smallest absolute Gasteiger partial charge is 0.304 e. The monoisotopic (exact) mass is 193 g/mol. The summed E-state index contributed by atoms with van der Waals surface area (Å²) in [5, 5.41) is 2.57. The lowest BCUT2D eigenvalue weighted by molar-refractivity contribution is -0.165. The van der Waals surface area contributed by atoms with E-state index in [2.05, 4.69) is 11.9 Å². The maximum absolute atomic E-state index is 12.3. The fourth-order valence-corrected chi connectivity index (χ4v) is 1.26. The zero-order chi connectivity index (χ0) is 9.95. The first-order valence-electron chi connectivity index (χ1n) is 4.44. The molecule has 1 fully saturated rings. The van der Waals surface area contributed by atoms with Crippen molar-refractivity contribution >= 4 is 0 Å². The van der Waals surface area contributed by atoms with Crippen LogP contribution in [0.5, 0.6) is 0 Å². The molecule has 1 rings (SSSR count). The quantitative estimate of drug-likeness (QED) is 0.522. The van der Waals surface area contributed by atoms with E-state index in [0.717, 1.165) is 12.8 Å².